The van der Waals surface area contributed by atoms with Crippen LogP contribution in [0, 0.1) is 0 Å². The van der Waals surface area contributed by atoms with E-state index in [9.17, 15) is 0 Å². The molecule has 0 bridgehead atoms. The van der Waals surface area contributed by atoms with Crippen molar-refractivity contribution in [3.8, 4) is 22.9 Å². The summed E-state index contributed by atoms with van der Waals surface area (Å²) in [5, 5.41) is 14.3. The van der Waals surface area contributed by atoms with E-state index in [1.54, 1.807) is 0 Å². The number of rotatable bonds is 2. The van der Waals surface area contributed by atoms with Crippen molar-refractivity contribution in [2.45, 2.75) is 52.4 Å². The van der Waals surface area contributed by atoms with Crippen LogP contribution in [0.3, 0.4) is 0 Å². The Labute approximate surface area is 148 Å². The fraction of sp³-hybridized carbons (Fsp3) is 0.421. The lowest BCUT2D eigenvalue weighted by atomic mass is 9.85. The zero-order valence-corrected chi connectivity index (χ0v) is 15.6. The number of aromatic nitrogens is 6. The molecule has 0 amide bonds. The molecule has 0 spiro atoms. The zero-order chi connectivity index (χ0) is 18.2. The summed E-state index contributed by atoms with van der Waals surface area (Å²) >= 11 is 0. The molecule has 1 N–H and O–H groups in total. The lowest BCUT2D eigenvalue weighted by molar-refractivity contribution is 0.588. The number of nitrogens with zero attached hydrogens (tertiary/aromatic N) is 5. The van der Waals surface area contributed by atoms with Gasteiger partial charge in [-0.05, 0) is 51.4 Å². The second-order valence-electron chi connectivity index (χ2n) is 8.29. The third kappa shape index (κ3) is 3.73. The summed E-state index contributed by atoms with van der Waals surface area (Å²) in [6.45, 7) is 13.1. The van der Waals surface area contributed by atoms with Crippen molar-refractivity contribution in [3.63, 3.8) is 0 Å². The van der Waals surface area contributed by atoms with E-state index in [0.29, 0.717) is 11.5 Å². The first-order valence-corrected chi connectivity index (χ1v) is 8.38. The number of nitrogens with one attached hydrogen (secondary N) is 1. The van der Waals surface area contributed by atoms with E-state index < -0.39 is 0 Å². The first-order valence-electron chi connectivity index (χ1n) is 8.38. The molecule has 0 unspecified atom stereocenters. The number of hydrogen-bond acceptors (Lipinski definition) is 5. The van der Waals surface area contributed by atoms with Gasteiger partial charge in [-0.2, -0.15) is 5.21 Å². The average Bonchev–Trinajstić information content (AvgIpc) is 3.07. The Morgan fingerprint density at radius 1 is 0.800 bits per heavy atom. The van der Waals surface area contributed by atoms with Crippen molar-refractivity contribution >= 4 is 0 Å². The topological polar surface area (TPSA) is 80.2 Å². The van der Waals surface area contributed by atoms with Gasteiger partial charge >= 0.3 is 0 Å². The molecule has 0 aliphatic carbocycles. The molecule has 6 heteroatoms. The molecule has 0 saturated heterocycles. The molecule has 0 atom stereocenters. The van der Waals surface area contributed by atoms with Gasteiger partial charge in [0.15, 0.2) is 0 Å². The number of H-pyrrole nitrogens is 1. The van der Waals surface area contributed by atoms with Gasteiger partial charge in [0.05, 0.1) is 11.4 Å². The third-order valence-corrected chi connectivity index (χ3v) is 4.15. The quantitative estimate of drug-likeness (QED) is 0.767. The molecular formula is C19H24N6. The number of aromatic amines is 1. The molecule has 130 valence electrons. The van der Waals surface area contributed by atoms with Crippen LogP contribution < -0.4 is 0 Å². The van der Waals surface area contributed by atoms with Gasteiger partial charge < -0.3 is 0 Å². The predicted octanol–water partition coefficient (Wildman–Crippen LogP) is 3.92. The summed E-state index contributed by atoms with van der Waals surface area (Å²) in [5.74, 6) is 0.485. The maximum Gasteiger partial charge on any atom is 0.222 e. The first-order chi connectivity index (χ1) is 11.6. The molecule has 0 saturated carbocycles. The molecule has 3 aromatic heterocycles. The Hall–Kier alpha value is -2.63. The van der Waals surface area contributed by atoms with Crippen molar-refractivity contribution in [1.29, 1.82) is 0 Å². The van der Waals surface area contributed by atoms with E-state index in [0.717, 1.165) is 17.0 Å². The Kier molecular flexibility index (Phi) is 4.14. The Bertz CT molecular complexity index is 870. The van der Waals surface area contributed by atoms with E-state index >= 15 is 0 Å². The minimum Gasteiger partial charge on any atom is -0.255 e. The van der Waals surface area contributed by atoms with E-state index in [1.165, 1.54) is 5.56 Å². The van der Waals surface area contributed by atoms with Crippen LogP contribution in [0.25, 0.3) is 22.9 Å². The van der Waals surface area contributed by atoms with Crippen LogP contribution in [0.15, 0.2) is 30.5 Å². The molecule has 0 fully saturated rings. The smallest absolute Gasteiger partial charge is 0.222 e. The Morgan fingerprint density at radius 3 is 2.04 bits per heavy atom. The third-order valence-electron chi connectivity index (χ3n) is 4.15. The summed E-state index contributed by atoms with van der Waals surface area (Å²) < 4.78 is 0. The summed E-state index contributed by atoms with van der Waals surface area (Å²) in [7, 11) is 0. The predicted molar refractivity (Wildman–Crippen MR) is 98.0 cm³/mol. The van der Waals surface area contributed by atoms with Gasteiger partial charge in [0.1, 0.15) is 5.69 Å². The monoisotopic (exact) mass is 336 g/mol. The van der Waals surface area contributed by atoms with Gasteiger partial charge in [-0.15, -0.1) is 10.2 Å². The van der Waals surface area contributed by atoms with Gasteiger partial charge in [-0.1, -0.05) is 41.5 Å². The summed E-state index contributed by atoms with van der Waals surface area (Å²) in [6.07, 6.45) is 1.84. The van der Waals surface area contributed by atoms with E-state index in [2.05, 4.69) is 85.3 Å². The van der Waals surface area contributed by atoms with Crippen LogP contribution in [0.4, 0.5) is 0 Å². The molecule has 3 aromatic rings. The zero-order valence-electron chi connectivity index (χ0n) is 15.6. The van der Waals surface area contributed by atoms with Gasteiger partial charge in [0.2, 0.25) is 5.82 Å². The summed E-state index contributed by atoms with van der Waals surface area (Å²) in [4.78, 5) is 9.28. The fourth-order valence-corrected chi connectivity index (χ4v) is 2.52. The largest absolute Gasteiger partial charge is 0.255 e. The minimum absolute atomic E-state index is 0.0299. The summed E-state index contributed by atoms with van der Waals surface area (Å²) in [5.41, 5.74) is 4.76. The van der Waals surface area contributed by atoms with Crippen molar-refractivity contribution in [2.75, 3.05) is 0 Å². The molecule has 3 rings (SSSR count). The van der Waals surface area contributed by atoms with Crippen molar-refractivity contribution in [1.82, 2.24) is 30.6 Å². The van der Waals surface area contributed by atoms with Crippen molar-refractivity contribution in [3.05, 3.63) is 41.6 Å². The number of pyridine rings is 2. The Morgan fingerprint density at radius 2 is 1.44 bits per heavy atom. The SMILES string of the molecule is CC(C)(C)c1ccnc(-c2cc(C(C)(C)C)cc(-c3nn[nH]n3)n2)c1. The molecule has 0 aromatic carbocycles. The van der Waals surface area contributed by atoms with Crippen LogP contribution in [0.1, 0.15) is 52.7 Å². The summed E-state index contributed by atoms with van der Waals surface area (Å²) in [6, 6.07) is 8.27. The highest BCUT2D eigenvalue weighted by Crippen LogP contribution is 2.30. The van der Waals surface area contributed by atoms with Crippen LogP contribution >= 0.6 is 0 Å². The van der Waals surface area contributed by atoms with Gasteiger partial charge in [-0.3, -0.25) is 4.98 Å². The highest BCUT2D eigenvalue weighted by Gasteiger charge is 2.20. The molecular weight excluding hydrogens is 312 g/mol. The molecule has 0 radical (unpaired) electrons. The molecule has 25 heavy (non-hydrogen) atoms. The van der Waals surface area contributed by atoms with Crippen LogP contribution in [-0.4, -0.2) is 30.6 Å². The average molecular weight is 336 g/mol. The lowest BCUT2D eigenvalue weighted by Crippen LogP contribution is -2.13. The Balaban J connectivity index is 2.18. The van der Waals surface area contributed by atoms with Crippen molar-refractivity contribution < 1.29 is 0 Å². The van der Waals surface area contributed by atoms with Crippen LogP contribution in [-0.2, 0) is 10.8 Å². The molecule has 3 heterocycles. The lowest BCUT2D eigenvalue weighted by Gasteiger charge is -2.21. The van der Waals surface area contributed by atoms with E-state index in [1.807, 2.05) is 12.3 Å². The number of tetrazole rings is 1. The van der Waals surface area contributed by atoms with Gasteiger partial charge in [0.25, 0.3) is 0 Å². The maximum atomic E-state index is 4.74. The normalized spacial score (nSPS) is 12.4. The molecule has 6 nitrogen and oxygen atoms in total. The standard InChI is InChI=1S/C19H24N6/c1-18(2,3)12-7-8-20-14(9-12)15-10-13(19(4,5)6)11-16(21-15)17-22-24-25-23-17/h7-11H,1-6H3,(H,22,23,24,25). The molecule has 0 aliphatic rings. The van der Waals surface area contributed by atoms with Gasteiger partial charge in [-0.25, -0.2) is 4.98 Å². The van der Waals surface area contributed by atoms with Crippen molar-refractivity contribution in [2.24, 2.45) is 0 Å². The second-order valence-corrected chi connectivity index (χ2v) is 8.29. The number of hydrogen-bond donors (Lipinski definition) is 1. The van der Waals surface area contributed by atoms with E-state index in [4.69, 9.17) is 4.98 Å². The second kappa shape index (κ2) is 6.02. The first kappa shape index (κ1) is 17.2. The van der Waals surface area contributed by atoms with E-state index in [-0.39, 0.29) is 10.8 Å². The fourth-order valence-electron chi connectivity index (χ4n) is 2.52. The van der Waals surface area contributed by atoms with Gasteiger partial charge in [0, 0.05) is 6.20 Å². The highest BCUT2D eigenvalue weighted by molar-refractivity contribution is 5.62. The van der Waals surface area contributed by atoms with Crippen LogP contribution in [0.5, 0.6) is 0 Å². The highest BCUT2D eigenvalue weighted by atomic mass is 15.5. The van der Waals surface area contributed by atoms with Crippen LogP contribution in [0.2, 0.25) is 0 Å². The minimum atomic E-state index is -0.0299. The maximum absolute atomic E-state index is 4.74. The molecule has 0 aliphatic heterocycles.